The molecule has 2 aromatic carbocycles. The molecule has 0 aliphatic carbocycles. The molecule has 2 N–H and O–H groups in total. The summed E-state index contributed by atoms with van der Waals surface area (Å²) in [5.41, 5.74) is 3.33. The second-order valence-electron chi connectivity index (χ2n) is 7.56. The Morgan fingerprint density at radius 2 is 1.55 bits per heavy atom. The van der Waals surface area contributed by atoms with E-state index in [1.165, 1.54) is 0 Å². The molecule has 1 atom stereocenters. The highest BCUT2D eigenvalue weighted by Crippen LogP contribution is 2.19. The van der Waals surface area contributed by atoms with Gasteiger partial charge in [-0.2, -0.15) is 0 Å². The molecule has 1 aliphatic heterocycles. The van der Waals surface area contributed by atoms with Crippen molar-refractivity contribution in [2.75, 3.05) is 54.9 Å². The highest BCUT2D eigenvalue weighted by molar-refractivity contribution is 5.97. The Labute approximate surface area is 184 Å². The lowest BCUT2D eigenvalue weighted by molar-refractivity contribution is -0.116. The van der Waals surface area contributed by atoms with Crippen LogP contribution in [0, 0.1) is 0 Å². The Morgan fingerprint density at radius 3 is 2.13 bits per heavy atom. The first kappa shape index (κ1) is 22.6. The molecule has 0 spiro atoms. The van der Waals surface area contributed by atoms with E-state index in [1.807, 2.05) is 57.2 Å². The van der Waals surface area contributed by atoms with Gasteiger partial charge in [-0.15, -0.1) is 0 Å². The van der Waals surface area contributed by atoms with Crippen molar-refractivity contribution in [3.63, 3.8) is 0 Å². The average Bonchev–Trinajstić information content (AvgIpc) is 2.81. The summed E-state index contributed by atoms with van der Waals surface area (Å²) in [6.45, 7) is 10.4. The number of nitrogens with one attached hydrogen (secondary N) is 2. The molecule has 7 nitrogen and oxygen atoms in total. The number of morpholine rings is 1. The van der Waals surface area contributed by atoms with E-state index in [0.29, 0.717) is 18.7 Å². The number of amides is 2. The number of ether oxygens (including phenoxy) is 1. The lowest BCUT2D eigenvalue weighted by Gasteiger charge is -2.29. The van der Waals surface area contributed by atoms with E-state index in [1.54, 1.807) is 17.0 Å². The van der Waals surface area contributed by atoms with Gasteiger partial charge in [-0.3, -0.25) is 9.59 Å². The van der Waals surface area contributed by atoms with Crippen LogP contribution < -0.4 is 15.5 Å². The van der Waals surface area contributed by atoms with Gasteiger partial charge in [-0.1, -0.05) is 0 Å². The summed E-state index contributed by atoms with van der Waals surface area (Å²) in [4.78, 5) is 29.0. The molecular formula is C24H32N4O3. The van der Waals surface area contributed by atoms with Gasteiger partial charge in [0, 0.05) is 48.8 Å². The molecular weight excluding hydrogens is 392 g/mol. The van der Waals surface area contributed by atoms with E-state index in [2.05, 4.69) is 15.5 Å². The molecule has 0 radical (unpaired) electrons. The number of rotatable bonds is 8. The van der Waals surface area contributed by atoms with Gasteiger partial charge in [0.05, 0.1) is 13.2 Å². The second-order valence-corrected chi connectivity index (χ2v) is 7.56. The molecule has 31 heavy (non-hydrogen) atoms. The van der Waals surface area contributed by atoms with Crippen LogP contribution >= 0.6 is 0 Å². The largest absolute Gasteiger partial charge is 0.378 e. The summed E-state index contributed by atoms with van der Waals surface area (Å²) in [7, 11) is 0. The molecule has 1 fully saturated rings. The van der Waals surface area contributed by atoms with E-state index in [4.69, 9.17) is 4.74 Å². The predicted octanol–water partition coefficient (Wildman–Crippen LogP) is 3.44. The Kier molecular flexibility index (Phi) is 7.89. The fraction of sp³-hybridized carbons (Fsp3) is 0.417. The zero-order valence-corrected chi connectivity index (χ0v) is 18.6. The van der Waals surface area contributed by atoms with Crippen molar-refractivity contribution < 1.29 is 14.3 Å². The maximum atomic E-state index is 12.6. The summed E-state index contributed by atoms with van der Waals surface area (Å²) in [5.74, 6) is -0.106. The molecule has 1 saturated heterocycles. The molecule has 1 aliphatic rings. The van der Waals surface area contributed by atoms with E-state index >= 15 is 0 Å². The normalized spacial score (nSPS) is 14.6. The van der Waals surface area contributed by atoms with Crippen molar-refractivity contribution in [1.29, 1.82) is 0 Å². The number of hydrogen-bond acceptors (Lipinski definition) is 5. The fourth-order valence-electron chi connectivity index (χ4n) is 3.55. The zero-order valence-electron chi connectivity index (χ0n) is 18.6. The Hall–Kier alpha value is -3.06. The molecule has 7 heteroatoms. The van der Waals surface area contributed by atoms with Crippen LogP contribution in [0.2, 0.25) is 0 Å². The average molecular weight is 425 g/mol. The number of carbonyl (C=O) groups excluding carboxylic acids is 2. The molecule has 0 saturated carbocycles. The van der Waals surface area contributed by atoms with Crippen LogP contribution in [0.3, 0.4) is 0 Å². The molecule has 166 valence electrons. The number of benzene rings is 2. The van der Waals surface area contributed by atoms with Crippen LogP contribution in [0.5, 0.6) is 0 Å². The minimum absolute atomic E-state index is 0.0165. The third-order valence-corrected chi connectivity index (χ3v) is 5.47. The number of hydrogen-bond donors (Lipinski definition) is 2. The van der Waals surface area contributed by atoms with Gasteiger partial charge in [-0.25, -0.2) is 0 Å². The Balaban J connectivity index is 1.53. The van der Waals surface area contributed by atoms with Crippen LogP contribution in [-0.4, -0.2) is 62.1 Å². The first-order valence-electron chi connectivity index (χ1n) is 10.9. The molecule has 2 amide bonds. The first-order chi connectivity index (χ1) is 15.0. The van der Waals surface area contributed by atoms with Gasteiger partial charge in [0.15, 0.2) is 0 Å². The van der Waals surface area contributed by atoms with Crippen molar-refractivity contribution in [1.82, 2.24) is 4.90 Å². The zero-order chi connectivity index (χ0) is 22.2. The molecule has 3 rings (SSSR count). The quantitative estimate of drug-likeness (QED) is 0.679. The van der Waals surface area contributed by atoms with E-state index in [0.717, 1.165) is 43.4 Å². The van der Waals surface area contributed by atoms with Gasteiger partial charge < -0.3 is 25.2 Å². The Morgan fingerprint density at radius 1 is 0.968 bits per heavy atom. The first-order valence-corrected chi connectivity index (χ1v) is 10.9. The summed E-state index contributed by atoms with van der Waals surface area (Å²) in [6, 6.07) is 14.7. The smallest absolute Gasteiger partial charge is 0.253 e. The molecule has 0 aromatic heterocycles. The van der Waals surface area contributed by atoms with Crippen molar-refractivity contribution in [2.24, 2.45) is 0 Å². The third-order valence-electron chi connectivity index (χ3n) is 5.47. The summed E-state index contributed by atoms with van der Waals surface area (Å²) in [6.07, 6.45) is 0. The maximum absolute atomic E-state index is 12.6. The van der Waals surface area contributed by atoms with Gasteiger partial charge in [0.1, 0.15) is 6.04 Å². The van der Waals surface area contributed by atoms with Crippen LogP contribution in [0.1, 0.15) is 31.1 Å². The van der Waals surface area contributed by atoms with Gasteiger partial charge >= 0.3 is 0 Å². The molecule has 0 unspecified atom stereocenters. The van der Waals surface area contributed by atoms with Crippen molar-refractivity contribution >= 4 is 28.9 Å². The van der Waals surface area contributed by atoms with Gasteiger partial charge in [-0.05, 0) is 69.3 Å². The minimum atomic E-state index is -0.428. The number of carbonyl (C=O) groups is 2. The summed E-state index contributed by atoms with van der Waals surface area (Å²) >= 11 is 0. The van der Waals surface area contributed by atoms with Crippen LogP contribution in [0.15, 0.2) is 48.5 Å². The van der Waals surface area contributed by atoms with Crippen molar-refractivity contribution in [2.45, 2.75) is 26.8 Å². The lowest BCUT2D eigenvalue weighted by atomic mass is 10.1. The predicted molar refractivity (Wildman–Crippen MR) is 125 cm³/mol. The highest BCUT2D eigenvalue weighted by Gasteiger charge is 2.16. The van der Waals surface area contributed by atoms with Crippen LogP contribution in [0.25, 0.3) is 0 Å². The Bertz CT molecular complexity index is 857. The summed E-state index contributed by atoms with van der Waals surface area (Å²) in [5, 5.41) is 6.14. The standard InChI is InChI=1S/C24H32N4O3/c1-4-27(5-2)24(30)19-6-8-20(9-7-19)25-18(3)23(29)26-21-10-12-22(13-11-21)28-14-16-31-17-15-28/h6-13,18,25H,4-5,14-17H2,1-3H3,(H,26,29)/t18-/m1/s1. The van der Waals surface area contributed by atoms with E-state index < -0.39 is 6.04 Å². The second kappa shape index (κ2) is 10.8. The molecule has 0 bridgehead atoms. The van der Waals surface area contributed by atoms with E-state index in [-0.39, 0.29) is 11.8 Å². The minimum Gasteiger partial charge on any atom is -0.378 e. The maximum Gasteiger partial charge on any atom is 0.253 e. The lowest BCUT2D eigenvalue weighted by Crippen LogP contribution is -2.36. The summed E-state index contributed by atoms with van der Waals surface area (Å²) < 4.78 is 5.39. The number of anilines is 3. The topological polar surface area (TPSA) is 73.9 Å². The van der Waals surface area contributed by atoms with Crippen molar-refractivity contribution in [3.8, 4) is 0 Å². The van der Waals surface area contributed by atoms with Crippen molar-refractivity contribution in [3.05, 3.63) is 54.1 Å². The highest BCUT2D eigenvalue weighted by atomic mass is 16.5. The number of nitrogens with zero attached hydrogens (tertiary/aromatic N) is 2. The molecule has 2 aromatic rings. The fourth-order valence-corrected chi connectivity index (χ4v) is 3.55. The molecule has 1 heterocycles. The van der Waals surface area contributed by atoms with Gasteiger partial charge in [0.2, 0.25) is 5.91 Å². The monoisotopic (exact) mass is 424 g/mol. The SMILES string of the molecule is CCN(CC)C(=O)c1ccc(N[C@H](C)C(=O)Nc2ccc(N3CCOCC3)cc2)cc1. The van der Waals surface area contributed by atoms with E-state index in [9.17, 15) is 9.59 Å². The van der Waals surface area contributed by atoms with Crippen LogP contribution in [0.4, 0.5) is 17.1 Å². The third kappa shape index (κ3) is 5.98. The van der Waals surface area contributed by atoms with Gasteiger partial charge in [0.25, 0.3) is 5.91 Å². The van der Waals surface area contributed by atoms with Crippen LogP contribution in [-0.2, 0) is 9.53 Å².